The van der Waals surface area contributed by atoms with Gasteiger partial charge in [-0.25, -0.2) is 19.2 Å². The molecule has 0 aliphatic carbocycles. The van der Waals surface area contributed by atoms with E-state index in [4.69, 9.17) is 42.6 Å². The third kappa shape index (κ3) is 9.67. The van der Waals surface area contributed by atoms with Gasteiger partial charge in [0, 0.05) is 0 Å². The first-order valence-corrected chi connectivity index (χ1v) is 16.8. The van der Waals surface area contributed by atoms with Crippen molar-refractivity contribution in [1.29, 1.82) is 0 Å². The number of ether oxygens (including phenoxy) is 9. The fourth-order valence-electron chi connectivity index (χ4n) is 6.25. The van der Waals surface area contributed by atoms with Crippen molar-refractivity contribution in [3.05, 3.63) is 0 Å². The highest BCUT2D eigenvalue weighted by molar-refractivity contribution is 5.75. The van der Waals surface area contributed by atoms with E-state index in [-0.39, 0.29) is 0 Å². The minimum atomic E-state index is -2.40. The van der Waals surface area contributed by atoms with Gasteiger partial charge in [-0.3, -0.25) is 0 Å². The standard InChI is InChI=1S/C30H46O25/c1-5(2)47-15-7(31)12(36)28(53-19(15)23(39)40)50-17-9(33)14(38)30(55-21(17)25(43)44)51-18-10(34)13(37)29(54-22(18)26(45)46)49-16-8(32)11(35)27(48-6(3)4)52-20(16)24(41)42/h5-22,27-38H,1-4H3,(H,39,40)(H,41,42)(H,43,44)(H,45,46)/t7-,8?,9?,10+,11?,12?,13?,14?,15-,16-,17-,18-,19?,20+,21?,22?,27+,28+,29+,30+/m0/s1. The van der Waals surface area contributed by atoms with Crippen molar-refractivity contribution in [3.8, 4) is 0 Å². The summed E-state index contributed by atoms with van der Waals surface area (Å²) in [7, 11) is 0. The molecular formula is C30H46O25. The van der Waals surface area contributed by atoms with Crippen LogP contribution in [0.15, 0.2) is 0 Å². The molecule has 0 aromatic carbocycles. The first-order chi connectivity index (χ1) is 25.6. The average Bonchev–Trinajstić information content (AvgIpc) is 3.09. The Hall–Kier alpha value is -2.80. The molecule has 55 heavy (non-hydrogen) atoms. The lowest BCUT2D eigenvalue weighted by Gasteiger charge is -2.48. The minimum absolute atomic E-state index is 0.611. The summed E-state index contributed by atoms with van der Waals surface area (Å²) in [4.78, 5) is 48.4. The second-order valence-corrected chi connectivity index (χ2v) is 13.6. The van der Waals surface area contributed by atoms with E-state index in [2.05, 4.69) is 0 Å². The van der Waals surface area contributed by atoms with E-state index in [9.17, 15) is 80.5 Å². The van der Waals surface area contributed by atoms with Crippen LogP contribution < -0.4 is 0 Å². The highest BCUT2D eigenvalue weighted by Gasteiger charge is 2.58. The van der Waals surface area contributed by atoms with E-state index >= 15 is 0 Å². The summed E-state index contributed by atoms with van der Waals surface area (Å²) in [6.45, 7) is 6.03. The third-order valence-electron chi connectivity index (χ3n) is 8.86. The normalized spacial score (nSPS) is 45.3. The SMILES string of the molecule is CC(C)O[C@@H]1O[C@@H](C(=O)O)[C@@H](O[C@@H]2OC(C(=O)O)[C@@H](O[C@@H]3OC(C(=O)O)[C@@H](O[C@@H]4OC(C(=O)O)[C@@H](OC(C)C)[C@@H](O)C4O)C(O)C3O)[C@H](O)C2O)C(O)C1O. The summed E-state index contributed by atoms with van der Waals surface area (Å²) in [5.41, 5.74) is 0. The van der Waals surface area contributed by atoms with Crippen LogP contribution in [0.25, 0.3) is 0 Å². The monoisotopic (exact) mass is 806 g/mol. The topological polar surface area (TPSA) is 394 Å². The molecule has 0 aromatic heterocycles. The Bertz CT molecular complexity index is 1350. The number of carbonyl (C=O) groups is 4. The van der Waals surface area contributed by atoms with E-state index < -0.39 is 159 Å². The minimum Gasteiger partial charge on any atom is -0.479 e. The van der Waals surface area contributed by atoms with Crippen LogP contribution in [0.2, 0.25) is 0 Å². The summed E-state index contributed by atoms with van der Waals surface area (Å²) in [6, 6.07) is 0. The van der Waals surface area contributed by atoms with Gasteiger partial charge >= 0.3 is 23.9 Å². The maximum absolute atomic E-state index is 12.3. The van der Waals surface area contributed by atoms with Crippen LogP contribution in [-0.4, -0.2) is 220 Å². The van der Waals surface area contributed by atoms with Crippen LogP contribution in [-0.2, 0) is 61.8 Å². The average molecular weight is 807 g/mol. The Morgan fingerprint density at radius 2 is 0.618 bits per heavy atom. The van der Waals surface area contributed by atoms with Crippen LogP contribution in [0.5, 0.6) is 0 Å². The molecule has 25 nitrogen and oxygen atoms in total. The molecule has 20 atom stereocenters. The molecule has 0 spiro atoms. The van der Waals surface area contributed by atoms with Crippen molar-refractivity contribution in [2.45, 2.75) is 163 Å². The second kappa shape index (κ2) is 18.2. The van der Waals surface area contributed by atoms with E-state index in [1.165, 1.54) is 27.7 Å². The smallest absolute Gasteiger partial charge is 0.335 e. The lowest BCUT2D eigenvalue weighted by Crippen LogP contribution is -2.68. The Labute approximate surface area is 309 Å². The maximum Gasteiger partial charge on any atom is 0.335 e. The van der Waals surface area contributed by atoms with E-state index in [0.29, 0.717) is 0 Å². The molecule has 4 rings (SSSR count). The van der Waals surface area contributed by atoms with Crippen molar-refractivity contribution < 1.29 is 123 Å². The molecule has 0 amide bonds. The molecule has 25 heteroatoms. The van der Waals surface area contributed by atoms with Crippen LogP contribution in [0.1, 0.15) is 27.7 Å². The molecule has 4 fully saturated rings. The van der Waals surface area contributed by atoms with Gasteiger partial charge in [-0.2, -0.15) is 0 Å². The molecule has 4 saturated heterocycles. The molecule has 12 N–H and O–H groups in total. The molecule has 0 bridgehead atoms. The molecule has 0 saturated carbocycles. The van der Waals surface area contributed by atoms with Crippen LogP contribution in [0.4, 0.5) is 0 Å². The molecule has 4 heterocycles. The van der Waals surface area contributed by atoms with Gasteiger partial charge in [-0.15, -0.1) is 0 Å². The maximum atomic E-state index is 12.3. The number of carboxylic acids is 4. The van der Waals surface area contributed by atoms with Gasteiger partial charge in [0.05, 0.1) is 12.2 Å². The molecule has 9 unspecified atom stereocenters. The van der Waals surface area contributed by atoms with E-state index in [0.717, 1.165) is 0 Å². The molecule has 0 radical (unpaired) electrons. The van der Waals surface area contributed by atoms with Crippen molar-refractivity contribution >= 4 is 23.9 Å². The molecule has 316 valence electrons. The quantitative estimate of drug-likeness (QED) is 0.0776. The summed E-state index contributed by atoms with van der Waals surface area (Å²) < 4.78 is 47.6. The number of hydrogen-bond acceptors (Lipinski definition) is 21. The highest BCUT2D eigenvalue weighted by atomic mass is 16.8. The first-order valence-electron chi connectivity index (χ1n) is 16.8. The first kappa shape index (κ1) is 44.9. The van der Waals surface area contributed by atoms with Gasteiger partial charge in [-0.05, 0) is 27.7 Å². The van der Waals surface area contributed by atoms with Gasteiger partial charge in [0.15, 0.2) is 49.6 Å². The van der Waals surface area contributed by atoms with Gasteiger partial charge in [0.2, 0.25) is 0 Å². The molecular weight excluding hydrogens is 760 g/mol. The van der Waals surface area contributed by atoms with Crippen LogP contribution in [0.3, 0.4) is 0 Å². The lowest BCUT2D eigenvalue weighted by molar-refractivity contribution is -0.380. The zero-order chi connectivity index (χ0) is 41.4. The Morgan fingerprint density at radius 1 is 0.382 bits per heavy atom. The summed E-state index contributed by atoms with van der Waals surface area (Å²) in [6.07, 6.45) is -44.5. The number of rotatable bonds is 14. The van der Waals surface area contributed by atoms with Crippen molar-refractivity contribution in [2.75, 3.05) is 0 Å². The number of hydrogen-bond donors (Lipinski definition) is 12. The zero-order valence-corrected chi connectivity index (χ0v) is 29.4. The third-order valence-corrected chi connectivity index (χ3v) is 8.86. The summed E-state index contributed by atoms with van der Waals surface area (Å²) in [5, 5.41) is 125. The van der Waals surface area contributed by atoms with Gasteiger partial charge in [0.25, 0.3) is 0 Å². The van der Waals surface area contributed by atoms with Crippen molar-refractivity contribution in [1.82, 2.24) is 0 Å². The predicted octanol–water partition coefficient (Wildman–Crippen LogP) is -6.51. The lowest BCUT2D eigenvalue weighted by atomic mass is 9.95. The van der Waals surface area contributed by atoms with Crippen LogP contribution in [0, 0.1) is 0 Å². The van der Waals surface area contributed by atoms with Gasteiger partial charge in [0.1, 0.15) is 73.2 Å². The highest BCUT2D eigenvalue weighted by Crippen LogP contribution is 2.35. The fourth-order valence-corrected chi connectivity index (χ4v) is 6.25. The van der Waals surface area contributed by atoms with E-state index in [1.54, 1.807) is 0 Å². The number of aliphatic carboxylic acids is 4. The Morgan fingerprint density at radius 3 is 0.891 bits per heavy atom. The summed E-state index contributed by atoms with van der Waals surface area (Å²) in [5.74, 6) is -7.31. The number of carboxylic acid groups (broad SMARTS) is 4. The van der Waals surface area contributed by atoms with Crippen molar-refractivity contribution in [2.24, 2.45) is 0 Å². The Balaban J connectivity index is 1.51. The summed E-state index contributed by atoms with van der Waals surface area (Å²) >= 11 is 0. The zero-order valence-electron chi connectivity index (χ0n) is 29.4. The number of aliphatic hydroxyl groups excluding tert-OH is 8. The fraction of sp³-hybridized carbons (Fsp3) is 0.867. The van der Waals surface area contributed by atoms with Gasteiger partial charge in [-0.1, -0.05) is 0 Å². The van der Waals surface area contributed by atoms with E-state index in [1.807, 2.05) is 0 Å². The van der Waals surface area contributed by atoms with Crippen molar-refractivity contribution in [3.63, 3.8) is 0 Å². The molecule has 4 aliphatic rings. The Kier molecular flexibility index (Phi) is 14.9. The van der Waals surface area contributed by atoms with Crippen LogP contribution >= 0.6 is 0 Å². The predicted molar refractivity (Wildman–Crippen MR) is 164 cm³/mol. The second-order valence-electron chi connectivity index (χ2n) is 13.6. The molecule has 0 aromatic rings. The molecule has 4 aliphatic heterocycles. The van der Waals surface area contributed by atoms with Gasteiger partial charge < -0.3 is 104 Å². The number of aliphatic hydroxyl groups is 8. The largest absolute Gasteiger partial charge is 0.479 e.